The van der Waals surface area contributed by atoms with Gasteiger partial charge in [0.05, 0.1) is 26.2 Å². The number of nitrogens with zero attached hydrogens (tertiary/aromatic N) is 1. The normalized spacial score (nSPS) is 12.0. The van der Waals surface area contributed by atoms with Gasteiger partial charge in [0.2, 0.25) is 5.88 Å². The third-order valence-corrected chi connectivity index (χ3v) is 2.36. The van der Waals surface area contributed by atoms with E-state index in [2.05, 4.69) is 19.2 Å². The molecule has 0 amide bonds. The zero-order chi connectivity index (χ0) is 17.1. The summed E-state index contributed by atoms with van der Waals surface area (Å²) >= 11 is 0. The topological polar surface area (TPSA) is 57.7 Å². The Morgan fingerprint density at radius 2 is 1.77 bits per heavy atom. The van der Waals surface area contributed by atoms with Crippen LogP contribution in [0.25, 0.3) is 0 Å². The van der Waals surface area contributed by atoms with Crippen LogP contribution in [-0.4, -0.2) is 31.5 Å². The van der Waals surface area contributed by atoms with Crippen LogP contribution in [0.2, 0.25) is 0 Å². The molecule has 1 aromatic heterocycles. The van der Waals surface area contributed by atoms with Crippen molar-refractivity contribution >= 4 is 5.97 Å². The van der Waals surface area contributed by atoms with Gasteiger partial charge in [-0.1, -0.05) is 0 Å². The van der Waals surface area contributed by atoms with Crippen LogP contribution in [0, 0.1) is 0 Å². The highest BCUT2D eigenvalue weighted by molar-refractivity contribution is 5.74. The lowest BCUT2D eigenvalue weighted by Crippen LogP contribution is -2.21. The Kier molecular flexibility index (Phi) is 5.09. The molecule has 1 aromatic rings. The van der Waals surface area contributed by atoms with Gasteiger partial charge in [-0.3, -0.25) is 4.79 Å². The van der Waals surface area contributed by atoms with E-state index in [4.69, 9.17) is 0 Å². The summed E-state index contributed by atoms with van der Waals surface area (Å²) in [5, 5.41) is 0. The first kappa shape index (κ1) is 17.9. The summed E-state index contributed by atoms with van der Waals surface area (Å²) in [6.45, 7) is 0. The highest BCUT2D eigenvalue weighted by Crippen LogP contribution is 2.41. The van der Waals surface area contributed by atoms with Crippen molar-refractivity contribution in [2.75, 3.05) is 14.2 Å². The third-order valence-electron chi connectivity index (χ3n) is 2.36. The number of pyridine rings is 1. The zero-order valence-electron chi connectivity index (χ0n) is 11.1. The molecule has 11 heteroatoms. The van der Waals surface area contributed by atoms with E-state index in [0.717, 1.165) is 14.2 Å². The first-order valence-electron chi connectivity index (χ1n) is 5.45. The molecule has 5 nitrogen and oxygen atoms in total. The first-order chi connectivity index (χ1) is 9.99. The minimum absolute atomic E-state index is 0.126. The Morgan fingerprint density at radius 1 is 1.18 bits per heavy atom. The van der Waals surface area contributed by atoms with E-state index in [0.29, 0.717) is 0 Å². The van der Waals surface area contributed by atoms with Crippen molar-refractivity contribution in [1.82, 2.24) is 4.98 Å². The lowest BCUT2D eigenvalue weighted by molar-refractivity contribution is -0.276. The van der Waals surface area contributed by atoms with Gasteiger partial charge < -0.3 is 14.2 Å². The molecule has 0 N–H and O–H groups in total. The maximum atomic E-state index is 12.8. The molecule has 22 heavy (non-hydrogen) atoms. The summed E-state index contributed by atoms with van der Waals surface area (Å²) in [5.41, 5.74) is -2.26. The number of rotatable bonds is 4. The summed E-state index contributed by atoms with van der Waals surface area (Å²) < 4.78 is 87.5. The number of carbonyl (C=O) groups is 1. The number of methoxy groups -OCH3 is 2. The molecule has 1 rings (SSSR count). The monoisotopic (exact) mass is 333 g/mol. The number of halogens is 6. The van der Waals surface area contributed by atoms with Crippen molar-refractivity contribution in [3.8, 4) is 11.6 Å². The molecule has 0 aromatic carbocycles. The molecular weight excluding hydrogens is 324 g/mol. The zero-order valence-corrected chi connectivity index (χ0v) is 11.1. The molecule has 0 spiro atoms. The van der Waals surface area contributed by atoms with E-state index in [-0.39, 0.29) is 6.20 Å². The van der Waals surface area contributed by atoms with Crippen LogP contribution < -0.4 is 9.47 Å². The van der Waals surface area contributed by atoms with Crippen LogP contribution in [-0.2, 0) is 22.1 Å². The predicted octanol–water partition coefficient (Wildman–Crippen LogP) is 2.72. The van der Waals surface area contributed by atoms with E-state index in [1.165, 1.54) is 0 Å². The van der Waals surface area contributed by atoms with Crippen LogP contribution in [0.3, 0.4) is 0 Å². The van der Waals surface area contributed by atoms with Gasteiger partial charge >= 0.3 is 18.5 Å². The molecule has 0 saturated heterocycles. The smallest absolute Gasteiger partial charge is 0.496 e. The lowest BCUT2D eigenvalue weighted by atomic mass is 10.1. The van der Waals surface area contributed by atoms with Crippen LogP contribution in [0.5, 0.6) is 11.6 Å². The lowest BCUT2D eigenvalue weighted by Gasteiger charge is -2.18. The number of ether oxygens (including phenoxy) is 3. The molecule has 0 aliphatic carbocycles. The van der Waals surface area contributed by atoms with Crippen LogP contribution in [0.1, 0.15) is 11.1 Å². The average molecular weight is 333 g/mol. The summed E-state index contributed by atoms with van der Waals surface area (Å²) in [4.78, 5) is 14.2. The Morgan fingerprint density at radius 3 is 2.18 bits per heavy atom. The molecule has 0 aliphatic heterocycles. The van der Waals surface area contributed by atoms with Crippen LogP contribution >= 0.6 is 0 Å². The third kappa shape index (κ3) is 4.40. The number of hydrogen-bond acceptors (Lipinski definition) is 5. The van der Waals surface area contributed by atoms with E-state index in [9.17, 15) is 31.1 Å². The Hall–Kier alpha value is -2.20. The largest absolute Gasteiger partial charge is 0.574 e. The molecular formula is C11H9F6NO4. The highest BCUT2D eigenvalue weighted by atomic mass is 19.4. The molecule has 0 bridgehead atoms. The van der Waals surface area contributed by atoms with Crippen molar-refractivity contribution in [3.63, 3.8) is 0 Å². The minimum atomic E-state index is -5.21. The molecule has 1 heterocycles. The van der Waals surface area contributed by atoms with Gasteiger partial charge in [0, 0.05) is 6.20 Å². The Labute approximate surface area is 119 Å². The van der Waals surface area contributed by atoms with Crippen molar-refractivity contribution in [1.29, 1.82) is 0 Å². The fourth-order valence-electron chi connectivity index (χ4n) is 1.52. The molecule has 0 saturated carbocycles. The van der Waals surface area contributed by atoms with E-state index in [1.54, 1.807) is 0 Å². The Bertz CT molecular complexity index is 555. The van der Waals surface area contributed by atoms with Gasteiger partial charge in [0.15, 0.2) is 0 Å². The Balaban J connectivity index is 3.49. The number of aromatic nitrogens is 1. The van der Waals surface area contributed by atoms with Crippen molar-refractivity contribution in [3.05, 3.63) is 17.3 Å². The number of carbonyl (C=O) groups excluding carboxylic acids is 1. The van der Waals surface area contributed by atoms with E-state index in [1.807, 2.05) is 0 Å². The van der Waals surface area contributed by atoms with Gasteiger partial charge in [0.25, 0.3) is 0 Å². The SMILES string of the molecule is COC(=O)Cc1c(OC(F)(F)F)ncc(C(F)(F)F)c1OC. The van der Waals surface area contributed by atoms with Gasteiger partial charge in [-0.15, -0.1) is 13.2 Å². The standard InChI is InChI=1S/C11H9F6NO4/c1-20-7(19)3-5-8(21-2)6(10(12,13)14)4-18-9(5)22-11(15,16)17/h4H,3H2,1-2H3. The van der Waals surface area contributed by atoms with Gasteiger partial charge in [0.1, 0.15) is 11.3 Å². The summed E-state index contributed by atoms with van der Waals surface area (Å²) in [5.74, 6) is -3.30. The second-order valence-corrected chi connectivity index (χ2v) is 3.79. The maximum absolute atomic E-state index is 12.8. The maximum Gasteiger partial charge on any atom is 0.574 e. The fraction of sp³-hybridized carbons (Fsp3) is 0.455. The van der Waals surface area contributed by atoms with Gasteiger partial charge in [-0.25, -0.2) is 4.98 Å². The van der Waals surface area contributed by atoms with Gasteiger partial charge in [-0.05, 0) is 0 Å². The highest BCUT2D eigenvalue weighted by Gasteiger charge is 2.40. The second kappa shape index (κ2) is 6.28. The van der Waals surface area contributed by atoms with Gasteiger partial charge in [-0.2, -0.15) is 13.2 Å². The molecule has 124 valence electrons. The summed E-state index contributed by atoms with van der Waals surface area (Å²) in [6.07, 6.45) is -11.0. The second-order valence-electron chi connectivity index (χ2n) is 3.79. The van der Waals surface area contributed by atoms with Crippen LogP contribution in [0.15, 0.2) is 6.20 Å². The molecule has 0 aliphatic rings. The summed E-state index contributed by atoms with van der Waals surface area (Å²) in [6, 6.07) is 0. The van der Waals surface area contributed by atoms with Crippen molar-refractivity contribution in [2.24, 2.45) is 0 Å². The fourth-order valence-corrected chi connectivity index (χ4v) is 1.52. The number of alkyl halides is 6. The number of hydrogen-bond donors (Lipinski definition) is 0. The van der Waals surface area contributed by atoms with Crippen molar-refractivity contribution in [2.45, 2.75) is 19.0 Å². The predicted molar refractivity (Wildman–Crippen MR) is 58.2 cm³/mol. The van der Waals surface area contributed by atoms with Crippen molar-refractivity contribution < 1.29 is 45.3 Å². The molecule has 0 fully saturated rings. The first-order valence-corrected chi connectivity index (χ1v) is 5.45. The van der Waals surface area contributed by atoms with E-state index >= 15 is 0 Å². The molecule has 0 atom stereocenters. The average Bonchev–Trinajstić information content (AvgIpc) is 2.37. The quantitative estimate of drug-likeness (QED) is 0.626. The molecule has 0 unspecified atom stereocenters. The summed E-state index contributed by atoms with van der Waals surface area (Å²) in [7, 11) is 1.73. The molecule has 0 radical (unpaired) electrons. The number of esters is 1. The van der Waals surface area contributed by atoms with E-state index < -0.39 is 47.7 Å². The van der Waals surface area contributed by atoms with Crippen LogP contribution in [0.4, 0.5) is 26.3 Å². The minimum Gasteiger partial charge on any atom is -0.496 e.